The Kier molecular flexibility index (Phi) is 6.27. The van der Waals surface area contributed by atoms with Crippen LogP contribution in [0, 0.1) is 6.92 Å². The molecule has 1 heterocycles. The van der Waals surface area contributed by atoms with Crippen molar-refractivity contribution in [3.8, 4) is 0 Å². The molecule has 2 N–H and O–H groups in total. The summed E-state index contributed by atoms with van der Waals surface area (Å²) in [5, 5.41) is 7.26. The SMILES string of the molecule is CCNC(=NCC(=O)N(C)C)NCc1ncc(C)s1. The van der Waals surface area contributed by atoms with Crippen LogP contribution in [0.2, 0.25) is 0 Å². The number of thiazole rings is 1. The molecule has 0 spiro atoms. The molecule has 0 atom stereocenters. The lowest BCUT2D eigenvalue weighted by Gasteiger charge is -2.11. The van der Waals surface area contributed by atoms with Crippen LogP contribution in [-0.4, -0.2) is 48.9 Å². The molecule has 0 bridgehead atoms. The van der Waals surface area contributed by atoms with Gasteiger partial charge < -0.3 is 15.5 Å². The number of nitrogens with one attached hydrogen (secondary N) is 2. The summed E-state index contributed by atoms with van der Waals surface area (Å²) < 4.78 is 0. The van der Waals surface area contributed by atoms with Gasteiger partial charge in [-0.3, -0.25) is 4.79 Å². The molecular weight excluding hydrogens is 262 g/mol. The van der Waals surface area contributed by atoms with Gasteiger partial charge in [-0.05, 0) is 13.8 Å². The van der Waals surface area contributed by atoms with Gasteiger partial charge >= 0.3 is 0 Å². The number of guanidine groups is 1. The molecular formula is C12H21N5OS. The molecule has 0 fully saturated rings. The van der Waals surface area contributed by atoms with E-state index in [4.69, 9.17) is 0 Å². The Balaban J connectivity index is 2.52. The first-order valence-electron chi connectivity index (χ1n) is 6.16. The van der Waals surface area contributed by atoms with Crippen LogP contribution in [-0.2, 0) is 11.3 Å². The van der Waals surface area contributed by atoms with E-state index >= 15 is 0 Å². The number of hydrogen-bond donors (Lipinski definition) is 2. The van der Waals surface area contributed by atoms with Gasteiger partial charge in [-0.15, -0.1) is 11.3 Å². The van der Waals surface area contributed by atoms with E-state index in [1.807, 2.05) is 20.0 Å². The van der Waals surface area contributed by atoms with Crippen molar-refractivity contribution in [2.45, 2.75) is 20.4 Å². The van der Waals surface area contributed by atoms with Crippen LogP contribution >= 0.6 is 11.3 Å². The van der Waals surface area contributed by atoms with Crippen LogP contribution in [0.1, 0.15) is 16.8 Å². The molecule has 0 aromatic carbocycles. The van der Waals surface area contributed by atoms with Crippen molar-refractivity contribution in [3.05, 3.63) is 16.1 Å². The van der Waals surface area contributed by atoms with Gasteiger partial charge in [0.05, 0.1) is 6.54 Å². The van der Waals surface area contributed by atoms with Gasteiger partial charge in [0.15, 0.2) is 5.96 Å². The fourth-order valence-electron chi connectivity index (χ4n) is 1.27. The average molecular weight is 283 g/mol. The molecule has 0 aliphatic carbocycles. The maximum atomic E-state index is 11.5. The Morgan fingerprint density at radius 2 is 2.21 bits per heavy atom. The predicted octanol–water partition coefficient (Wildman–Crippen LogP) is 0.595. The minimum Gasteiger partial charge on any atom is -0.357 e. The summed E-state index contributed by atoms with van der Waals surface area (Å²) in [4.78, 5) is 22.7. The van der Waals surface area contributed by atoms with E-state index in [-0.39, 0.29) is 12.5 Å². The summed E-state index contributed by atoms with van der Waals surface area (Å²) in [6.07, 6.45) is 1.85. The van der Waals surface area contributed by atoms with Crippen molar-refractivity contribution in [2.24, 2.45) is 4.99 Å². The third kappa shape index (κ3) is 5.69. The molecule has 1 aromatic rings. The molecule has 0 saturated heterocycles. The highest BCUT2D eigenvalue weighted by atomic mass is 32.1. The quantitative estimate of drug-likeness (QED) is 0.613. The van der Waals surface area contributed by atoms with Crippen molar-refractivity contribution >= 4 is 23.2 Å². The van der Waals surface area contributed by atoms with E-state index in [2.05, 4.69) is 20.6 Å². The second kappa shape index (κ2) is 7.73. The first-order valence-corrected chi connectivity index (χ1v) is 6.98. The number of carbonyl (C=O) groups is 1. The normalized spacial score (nSPS) is 11.3. The minimum absolute atomic E-state index is 0.0257. The Morgan fingerprint density at radius 1 is 1.47 bits per heavy atom. The van der Waals surface area contributed by atoms with Crippen molar-refractivity contribution < 1.29 is 4.79 Å². The smallest absolute Gasteiger partial charge is 0.243 e. The molecule has 0 aliphatic rings. The maximum absolute atomic E-state index is 11.5. The summed E-state index contributed by atoms with van der Waals surface area (Å²) in [7, 11) is 3.44. The fraction of sp³-hybridized carbons (Fsp3) is 0.583. The predicted molar refractivity (Wildman–Crippen MR) is 78.4 cm³/mol. The monoisotopic (exact) mass is 283 g/mol. The highest BCUT2D eigenvalue weighted by Gasteiger charge is 2.05. The minimum atomic E-state index is -0.0257. The van der Waals surface area contributed by atoms with E-state index in [9.17, 15) is 4.79 Å². The lowest BCUT2D eigenvalue weighted by Crippen LogP contribution is -2.38. The second-order valence-electron chi connectivity index (χ2n) is 4.20. The molecule has 0 aliphatic heterocycles. The molecule has 7 heteroatoms. The number of rotatable bonds is 5. The van der Waals surface area contributed by atoms with E-state index in [1.54, 1.807) is 25.4 Å². The highest BCUT2D eigenvalue weighted by Crippen LogP contribution is 2.10. The summed E-state index contributed by atoms with van der Waals surface area (Å²) in [6.45, 7) is 5.51. The summed E-state index contributed by atoms with van der Waals surface area (Å²) in [6, 6.07) is 0. The van der Waals surface area contributed by atoms with Gasteiger partial charge in [-0.1, -0.05) is 0 Å². The zero-order valence-electron chi connectivity index (χ0n) is 11.9. The molecule has 1 amide bonds. The zero-order valence-corrected chi connectivity index (χ0v) is 12.7. The molecule has 0 radical (unpaired) electrons. The Hall–Kier alpha value is -1.63. The van der Waals surface area contributed by atoms with E-state index in [0.717, 1.165) is 11.6 Å². The van der Waals surface area contributed by atoms with Gasteiger partial charge in [-0.2, -0.15) is 0 Å². The van der Waals surface area contributed by atoms with E-state index < -0.39 is 0 Å². The average Bonchev–Trinajstić information content (AvgIpc) is 2.78. The van der Waals surface area contributed by atoms with Crippen LogP contribution in [0.25, 0.3) is 0 Å². The first-order chi connectivity index (χ1) is 9.02. The topological polar surface area (TPSA) is 69.6 Å². The lowest BCUT2D eigenvalue weighted by molar-refractivity contribution is -0.127. The molecule has 6 nitrogen and oxygen atoms in total. The lowest BCUT2D eigenvalue weighted by atomic mass is 10.5. The van der Waals surface area contributed by atoms with E-state index in [1.165, 1.54) is 9.78 Å². The molecule has 0 unspecified atom stereocenters. The number of nitrogens with zero attached hydrogens (tertiary/aromatic N) is 3. The molecule has 106 valence electrons. The van der Waals surface area contributed by atoms with Gasteiger partial charge in [0.2, 0.25) is 5.91 Å². The molecule has 1 aromatic heterocycles. The van der Waals surface area contributed by atoms with E-state index in [0.29, 0.717) is 12.5 Å². The summed E-state index contributed by atoms with van der Waals surface area (Å²) >= 11 is 1.65. The third-order valence-corrected chi connectivity index (χ3v) is 3.20. The van der Waals surface area contributed by atoms with Crippen LogP contribution in [0.4, 0.5) is 0 Å². The Morgan fingerprint density at radius 3 is 2.74 bits per heavy atom. The number of likely N-dealkylation sites (N-methyl/N-ethyl adjacent to an activating group) is 1. The number of aromatic nitrogens is 1. The highest BCUT2D eigenvalue weighted by molar-refractivity contribution is 7.11. The van der Waals surface area contributed by atoms with Crippen LogP contribution < -0.4 is 10.6 Å². The van der Waals surface area contributed by atoms with Gasteiger partial charge in [0, 0.05) is 31.7 Å². The standard InChI is InChI=1S/C12H21N5OS/c1-5-13-12(16-8-11(18)17(3)4)15-7-10-14-6-9(2)19-10/h6H,5,7-8H2,1-4H3,(H2,13,15,16). The van der Waals surface area contributed by atoms with Crippen LogP contribution in [0.5, 0.6) is 0 Å². The first kappa shape index (κ1) is 15.4. The zero-order chi connectivity index (χ0) is 14.3. The molecule has 1 rings (SSSR count). The number of aryl methyl sites for hydroxylation is 1. The Bertz CT molecular complexity index is 441. The molecule has 0 saturated carbocycles. The maximum Gasteiger partial charge on any atom is 0.243 e. The van der Waals surface area contributed by atoms with Gasteiger partial charge in [0.1, 0.15) is 11.6 Å². The van der Waals surface area contributed by atoms with Crippen molar-refractivity contribution in [1.82, 2.24) is 20.5 Å². The van der Waals surface area contributed by atoms with Crippen molar-refractivity contribution in [1.29, 1.82) is 0 Å². The summed E-state index contributed by atoms with van der Waals surface area (Å²) in [5.74, 6) is 0.604. The van der Waals surface area contributed by atoms with Crippen LogP contribution in [0.15, 0.2) is 11.2 Å². The van der Waals surface area contributed by atoms with Gasteiger partial charge in [-0.25, -0.2) is 9.98 Å². The Labute approximate surface area is 117 Å². The van der Waals surface area contributed by atoms with Crippen LogP contribution in [0.3, 0.4) is 0 Å². The fourth-order valence-corrected chi connectivity index (χ4v) is 2.00. The number of hydrogen-bond acceptors (Lipinski definition) is 4. The second-order valence-corrected chi connectivity index (χ2v) is 5.52. The largest absolute Gasteiger partial charge is 0.357 e. The van der Waals surface area contributed by atoms with Gasteiger partial charge in [0.25, 0.3) is 0 Å². The number of aliphatic imine (C=N–C) groups is 1. The molecule has 19 heavy (non-hydrogen) atoms. The number of carbonyl (C=O) groups excluding carboxylic acids is 1. The third-order valence-electron chi connectivity index (χ3n) is 2.29. The van der Waals surface area contributed by atoms with Crippen molar-refractivity contribution in [2.75, 3.05) is 27.2 Å². The number of amides is 1. The summed E-state index contributed by atoms with van der Waals surface area (Å²) in [5.41, 5.74) is 0. The van der Waals surface area contributed by atoms with Crippen molar-refractivity contribution in [3.63, 3.8) is 0 Å².